The third-order valence-corrected chi connectivity index (χ3v) is 5.60. The average Bonchev–Trinajstić information content (AvgIpc) is 3.09. The molecule has 0 spiro atoms. The van der Waals surface area contributed by atoms with E-state index in [2.05, 4.69) is 9.88 Å². The Hall–Kier alpha value is -2.70. The van der Waals surface area contributed by atoms with Gasteiger partial charge in [0.2, 0.25) is 5.91 Å². The highest BCUT2D eigenvalue weighted by atomic mass is 19.1. The van der Waals surface area contributed by atoms with Crippen molar-refractivity contribution in [2.45, 2.75) is 18.9 Å². The van der Waals surface area contributed by atoms with E-state index in [1.165, 1.54) is 6.07 Å². The second-order valence-electron chi connectivity index (χ2n) is 8.22. The van der Waals surface area contributed by atoms with Crippen molar-refractivity contribution >= 4 is 22.5 Å². The largest absolute Gasteiger partial charge is 0.361 e. The van der Waals surface area contributed by atoms with Gasteiger partial charge in [0.05, 0.1) is 6.04 Å². The predicted octanol–water partition coefficient (Wildman–Crippen LogP) is 2.94. The van der Waals surface area contributed by atoms with Crippen LogP contribution in [0.25, 0.3) is 10.9 Å². The van der Waals surface area contributed by atoms with Crippen LogP contribution in [0.4, 0.5) is 10.1 Å². The fourth-order valence-corrected chi connectivity index (χ4v) is 4.39. The van der Waals surface area contributed by atoms with Crippen LogP contribution in [0.3, 0.4) is 0 Å². The molecule has 1 aromatic heterocycles. The minimum atomic E-state index is -0.662. The van der Waals surface area contributed by atoms with Gasteiger partial charge in [0.25, 0.3) is 0 Å². The second kappa shape index (κ2) is 7.97. The SMILES string of the molecule is CN(C)C[C@@H]1Cc2cc(F)ccc2N(C(=O)[C@H](N)Cc2c[nH]c3ccccc23)C1. The van der Waals surface area contributed by atoms with Crippen molar-refractivity contribution < 1.29 is 9.18 Å². The van der Waals surface area contributed by atoms with Gasteiger partial charge < -0.3 is 20.5 Å². The van der Waals surface area contributed by atoms with Crippen molar-refractivity contribution in [1.82, 2.24) is 9.88 Å². The van der Waals surface area contributed by atoms with Gasteiger partial charge in [0.1, 0.15) is 5.82 Å². The molecule has 0 bridgehead atoms. The zero-order valence-electron chi connectivity index (χ0n) is 16.9. The van der Waals surface area contributed by atoms with Crippen molar-refractivity contribution in [1.29, 1.82) is 0 Å². The number of nitrogens with one attached hydrogen (secondary N) is 1. The number of fused-ring (bicyclic) bond motifs is 2. The van der Waals surface area contributed by atoms with Crippen LogP contribution < -0.4 is 10.6 Å². The zero-order chi connectivity index (χ0) is 20.5. The highest BCUT2D eigenvalue weighted by Gasteiger charge is 2.32. The van der Waals surface area contributed by atoms with E-state index in [1.54, 1.807) is 17.0 Å². The second-order valence-corrected chi connectivity index (χ2v) is 8.22. The molecule has 0 saturated heterocycles. The third-order valence-electron chi connectivity index (χ3n) is 5.60. The number of anilines is 1. The number of halogens is 1. The van der Waals surface area contributed by atoms with Crippen LogP contribution in [0, 0.1) is 11.7 Å². The van der Waals surface area contributed by atoms with Crippen LogP contribution in [-0.2, 0) is 17.6 Å². The fraction of sp³-hybridized carbons (Fsp3) is 0.348. The molecule has 2 atom stereocenters. The molecule has 5 nitrogen and oxygen atoms in total. The number of carbonyl (C=O) groups is 1. The van der Waals surface area contributed by atoms with Crippen molar-refractivity contribution in [3.63, 3.8) is 0 Å². The highest BCUT2D eigenvalue weighted by Crippen LogP contribution is 2.31. The lowest BCUT2D eigenvalue weighted by Gasteiger charge is -2.37. The summed E-state index contributed by atoms with van der Waals surface area (Å²) in [4.78, 5) is 20.4. The van der Waals surface area contributed by atoms with Gasteiger partial charge in [-0.3, -0.25) is 4.79 Å². The summed E-state index contributed by atoms with van der Waals surface area (Å²) >= 11 is 0. The summed E-state index contributed by atoms with van der Waals surface area (Å²) in [7, 11) is 4.02. The normalized spacial score (nSPS) is 17.6. The summed E-state index contributed by atoms with van der Waals surface area (Å²) in [5.41, 5.74) is 10.1. The Morgan fingerprint density at radius 3 is 2.90 bits per heavy atom. The number of nitrogens with two attached hydrogens (primary N) is 1. The number of para-hydroxylation sites is 1. The lowest BCUT2D eigenvalue weighted by atomic mass is 9.91. The maximum absolute atomic E-state index is 13.8. The van der Waals surface area contributed by atoms with Gasteiger partial charge in [0.15, 0.2) is 0 Å². The van der Waals surface area contributed by atoms with E-state index in [0.29, 0.717) is 13.0 Å². The average molecular weight is 394 g/mol. The van der Waals surface area contributed by atoms with E-state index >= 15 is 0 Å². The molecule has 29 heavy (non-hydrogen) atoms. The molecule has 1 aliphatic rings. The number of aromatic nitrogens is 1. The molecule has 3 aromatic rings. The molecule has 6 heteroatoms. The maximum Gasteiger partial charge on any atom is 0.244 e. The first-order valence-corrected chi connectivity index (χ1v) is 9.97. The lowest BCUT2D eigenvalue weighted by Crippen LogP contribution is -2.50. The molecule has 152 valence electrons. The third kappa shape index (κ3) is 4.04. The Balaban J connectivity index is 1.59. The van der Waals surface area contributed by atoms with E-state index in [-0.39, 0.29) is 17.6 Å². The molecule has 2 heterocycles. The van der Waals surface area contributed by atoms with Crippen LogP contribution in [0.2, 0.25) is 0 Å². The maximum atomic E-state index is 13.8. The fourth-order valence-electron chi connectivity index (χ4n) is 4.39. The van der Waals surface area contributed by atoms with Crippen LogP contribution >= 0.6 is 0 Å². The monoisotopic (exact) mass is 394 g/mol. The number of hydrogen-bond acceptors (Lipinski definition) is 3. The molecular weight excluding hydrogens is 367 g/mol. The number of amides is 1. The Kier molecular flexibility index (Phi) is 5.39. The number of rotatable bonds is 5. The van der Waals surface area contributed by atoms with Crippen molar-refractivity contribution in [3.8, 4) is 0 Å². The highest BCUT2D eigenvalue weighted by molar-refractivity contribution is 5.98. The summed E-state index contributed by atoms with van der Waals surface area (Å²) in [6.07, 6.45) is 3.13. The van der Waals surface area contributed by atoms with Gasteiger partial charge in [-0.15, -0.1) is 0 Å². The van der Waals surface area contributed by atoms with Gasteiger partial charge in [-0.05, 0) is 68.2 Å². The van der Waals surface area contributed by atoms with Crippen LogP contribution in [0.1, 0.15) is 11.1 Å². The van der Waals surface area contributed by atoms with Gasteiger partial charge >= 0.3 is 0 Å². The molecule has 4 rings (SSSR count). The predicted molar refractivity (Wildman–Crippen MR) is 114 cm³/mol. The van der Waals surface area contributed by atoms with Crippen molar-refractivity contribution in [2.75, 3.05) is 32.1 Å². The number of carbonyl (C=O) groups excluding carboxylic acids is 1. The van der Waals surface area contributed by atoms with Crippen molar-refractivity contribution in [3.05, 3.63) is 65.6 Å². The summed E-state index contributed by atoms with van der Waals surface area (Å²) in [5, 5.41) is 1.09. The van der Waals surface area contributed by atoms with Gasteiger partial charge in [-0.25, -0.2) is 4.39 Å². The van der Waals surface area contributed by atoms with E-state index < -0.39 is 6.04 Å². The van der Waals surface area contributed by atoms with E-state index in [1.807, 2.05) is 44.6 Å². The first-order chi connectivity index (χ1) is 13.9. The van der Waals surface area contributed by atoms with E-state index in [4.69, 9.17) is 5.73 Å². The quantitative estimate of drug-likeness (QED) is 0.699. The minimum absolute atomic E-state index is 0.119. The topological polar surface area (TPSA) is 65.4 Å². The van der Waals surface area contributed by atoms with Gasteiger partial charge in [-0.2, -0.15) is 0 Å². The summed E-state index contributed by atoms with van der Waals surface area (Å²) in [6.45, 7) is 1.43. The molecule has 0 aliphatic carbocycles. The molecule has 0 fully saturated rings. The van der Waals surface area contributed by atoms with E-state index in [0.717, 1.165) is 40.7 Å². The standard InChI is InChI=1S/C23H27FN4O/c1-27(2)13-15-9-16-10-18(24)7-8-22(16)28(14-15)23(29)20(25)11-17-12-26-21-6-4-3-5-19(17)21/h3-8,10,12,15,20,26H,9,11,13-14,25H2,1-2H3/t15-,20+/m0/s1. The molecule has 0 unspecified atom stereocenters. The molecule has 3 N–H and O–H groups in total. The van der Waals surface area contributed by atoms with Crippen molar-refractivity contribution in [2.24, 2.45) is 11.7 Å². The Morgan fingerprint density at radius 2 is 2.10 bits per heavy atom. The molecule has 2 aromatic carbocycles. The molecular formula is C23H27FN4O. The molecule has 1 aliphatic heterocycles. The summed E-state index contributed by atoms with van der Waals surface area (Å²) in [5.74, 6) is -0.153. The summed E-state index contributed by atoms with van der Waals surface area (Å²) in [6, 6.07) is 12.0. The van der Waals surface area contributed by atoms with E-state index in [9.17, 15) is 9.18 Å². The smallest absolute Gasteiger partial charge is 0.244 e. The number of aromatic amines is 1. The minimum Gasteiger partial charge on any atom is -0.361 e. The zero-order valence-corrected chi connectivity index (χ0v) is 16.9. The van der Waals surface area contributed by atoms with Crippen LogP contribution in [-0.4, -0.2) is 49.0 Å². The molecule has 0 saturated carbocycles. The number of nitrogens with zero attached hydrogens (tertiary/aromatic N) is 2. The first-order valence-electron chi connectivity index (χ1n) is 9.97. The Labute approximate surface area is 170 Å². The molecule has 1 amide bonds. The Morgan fingerprint density at radius 1 is 1.31 bits per heavy atom. The Bertz CT molecular complexity index is 1030. The lowest BCUT2D eigenvalue weighted by molar-refractivity contribution is -0.120. The number of hydrogen-bond donors (Lipinski definition) is 2. The van der Waals surface area contributed by atoms with Gasteiger partial charge in [-0.1, -0.05) is 18.2 Å². The first kappa shape index (κ1) is 19.6. The molecule has 0 radical (unpaired) electrons. The number of benzene rings is 2. The van der Waals surface area contributed by atoms with Gasteiger partial charge in [0, 0.05) is 35.9 Å². The van der Waals surface area contributed by atoms with Crippen LogP contribution in [0.5, 0.6) is 0 Å². The van der Waals surface area contributed by atoms with Crippen LogP contribution in [0.15, 0.2) is 48.7 Å². The number of H-pyrrole nitrogens is 1. The summed E-state index contributed by atoms with van der Waals surface area (Å²) < 4.78 is 13.8.